The van der Waals surface area contributed by atoms with Crippen LogP contribution in [0.1, 0.15) is 0 Å². The van der Waals surface area contributed by atoms with E-state index < -0.39 is 4.92 Å². The van der Waals surface area contributed by atoms with Gasteiger partial charge in [0.15, 0.2) is 0 Å². The van der Waals surface area contributed by atoms with Gasteiger partial charge in [0.05, 0.1) is 12.0 Å². The summed E-state index contributed by atoms with van der Waals surface area (Å²) in [4.78, 5) is 27.4. The first kappa shape index (κ1) is 14.9. The molecule has 0 aromatic carbocycles. The Labute approximate surface area is 132 Å². The SMILES string of the molecule is COc1ccc([N+](=O)[O-])c(N2CCN(c3ncccn3)CC2)n1. The van der Waals surface area contributed by atoms with Gasteiger partial charge in [-0.25, -0.2) is 9.97 Å². The second kappa shape index (κ2) is 6.42. The van der Waals surface area contributed by atoms with E-state index in [4.69, 9.17) is 4.74 Å². The molecule has 2 aromatic heterocycles. The van der Waals surface area contributed by atoms with Crippen molar-refractivity contribution in [2.24, 2.45) is 0 Å². The van der Waals surface area contributed by atoms with Crippen LogP contribution in [0.15, 0.2) is 30.6 Å². The molecule has 1 aliphatic heterocycles. The first-order valence-corrected chi connectivity index (χ1v) is 7.15. The lowest BCUT2D eigenvalue weighted by Crippen LogP contribution is -2.47. The molecule has 1 fully saturated rings. The minimum absolute atomic E-state index is 0.0183. The maximum Gasteiger partial charge on any atom is 0.311 e. The van der Waals surface area contributed by atoms with Gasteiger partial charge < -0.3 is 14.5 Å². The largest absolute Gasteiger partial charge is 0.481 e. The lowest BCUT2D eigenvalue weighted by atomic mass is 10.3. The molecular formula is C14H16N6O3. The maximum absolute atomic E-state index is 11.2. The molecule has 23 heavy (non-hydrogen) atoms. The molecule has 9 nitrogen and oxygen atoms in total. The van der Waals surface area contributed by atoms with E-state index in [2.05, 4.69) is 15.0 Å². The summed E-state index contributed by atoms with van der Waals surface area (Å²) in [6.07, 6.45) is 3.40. The van der Waals surface area contributed by atoms with Gasteiger partial charge in [-0.1, -0.05) is 0 Å². The Morgan fingerprint density at radius 3 is 2.39 bits per heavy atom. The van der Waals surface area contributed by atoms with Crippen molar-refractivity contribution >= 4 is 17.5 Å². The van der Waals surface area contributed by atoms with Gasteiger partial charge in [0.1, 0.15) is 0 Å². The zero-order valence-corrected chi connectivity index (χ0v) is 12.6. The van der Waals surface area contributed by atoms with Crippen molar-refractivity contribution in [2.75, 3.05) is 43.1 Å². The Kier molecular flexibility index (Phi) is 4.18. The topological polar surface area (TPSA) is 97.5 Å². The van der Waals surface area contributed by atoms with Crippen LogP contribution >= 0.6 is 0 Å². The van der Waals surface area contributed by atoms with E-state index >= 15 is 0 Å². The fraction of sp³-hybridized carbons (Fsp3) is 0.357. The highest BCUT2D eigenvalue weighted by Crippen LogP contribution is 2.29. The van der Waals surface area contributed by atoms with Crippen LogP contribution in [0.4, 0.5) is 17.5 Å². The smallest absolute Gasteiger partial charge is 0.311 e. The number of methoxy groups -OCH3 is 1. The molecule has 2 aromatic rings. The molecule has 3 rings (SSSR count). The third kappa shape index (κ3) is 3.12. The number of aromatic nitrogens is 3. The number of pyridine rings is 1. The van der Waals surface area contributed by atoms with Crippen LogP contribution in [-0.2, 0) is 0 Å². The van der Waals surface area contributed by atoms with Gasteiger partial charge in [-0.15, -0.1) is 0 Å². The van der Waals surface area contributed by atoms with Gasteiger partial charge in [0, 0.05) is 50.7 Å². The van der Waals surface area contributed by atoms with Crippen molar-refractivity contribution in [3.63, 3.8) is 0 Å². The Balaban J connectivity index is 1.78. The number of nitrogens with zero attached hydrogens (tertiary/aromatic N) is 6. The Hall–Kier alpha value is -2.97. The highest BCUT2D eigenvalue weighted by atomic mass is 16.6. The third-order valence-corrected chi connectivity index (χ3v) is 3.65. The number of rotatable bonds is 4. The van der Waals surface area contributed by atoms with Crippen molar-refractivity contribution < 1.29 is 9.66 Å². The van der Waals surface area contributed by atoms with Crippen molar-refractivity contribution in [2.45, 2.75) is 0 Å². The number of hydrogen-bond acceptors (Lipinski definition) is 8. The summed E-state index contributed by atoms with van der Waals surface area (Å²) < 4.78 is 5.08. The minimum Gasteiger partial charge on any atom is -0.481 e. The fourth-order valence-corrected chi connectivity index (χ4v) is 2.49. The molecule has 120 valence electrons. The summed E-state index contributed by atoms with van der Waals surface area (Å²) >= 11 is 0. The Bertz CT molecular complexity index is 688. The molecular weight excluding hydrogens is 300 g/mol. The van der Waals surface area contributed by atoms with Crippen LogP contribution in [-0.4, -0.2) is 53.2 Å². The molecule has 3 heterocycles. The Morgan fingerprint density at radius 2 is 1.78 bits per heavy atom. The highest BCUT2D eigenvalue weighted by molar-refractivity contribution is 5.59. The van der Waals surface area contributed by atoms with Crippen molar-refractivity contribution in [3.8, 4) is 5.88 Å². The zero-order valence-electron chi connectivity index (χ0n) is 12.6. The molecule has 0 N–H and O–H groups in total. The Morgan fingerprint density at radius 1 is 1.13 bits per heavy atom. The van der Waals surface area contributed by atoms with E-state index in [1.54, 1.807) is 18.5 Å². The zero-order chi connectivity index (χ0) is 16.2. The van der Waals surface area contributed by atoms with Gasteiger partial charge in [-0.2, -0.15) is 4.98 Å². The average Bonchev–Trinajstić information content (AvgIpc) is 2.62. The molecule has 0 aliphatic carbocycles. The van der Waals surface area contributed by atoms with Crippen LogP contribution in [0.25, 0.3) is 0 Å². The standard InChI is InChI=1S/C14H16N6O3/c1-23-12-4-3-11(20(21)22)13(17-12)18-7-9-19(10-8-18)14-15-5-2-6-16-14/h2-6H,7-10H2,1H3. The van der Waals surface area contributed by atoms with Crippen molar-refractivity contribution in [1.82, 2.24) is 15.0 Å². The molecule has 0 unspecified atom stereocenters. The molecule has 0 saturated carbocycles. The van der Waals surface area contributed by atoms with E-state index in [-0.39, 0.29) is 5.69 Å². The van der Waals surface area contributed by atoms with Crippen LogP contribution < -0.4 is 14.5 Å². The average molecular weight is 316 g/mol. The van der Waals surface area contributed by atoms with E-state index in [0.29, 0.717) is 43.8 Å². The first-order valence-electron chi connectivity index (χ1n) is 7.15. The number of nitro groups is 1. The van der Waals surface area contributed by atoms with Gasteiger partial charge in [0.2, 0.25) is 17.6 Å². The molecule has 9 heteroatoms. The summed E-state index contributed by atoms with van der Waals surface area (Å²) in [5.41, 5.74) is -0.0183. The van der Waals surface area contributed by atoms with E-state index in [9.17, 15) is 10.1 Å². The molecule has 0 amide bonds. The van der Waals surface area contributed by atoms with Crippen LogP contribution in [0.5, 0.6) is 5.88 Å². The van der Waals surface area contributed by atoms with Crippen molar-refractivity contribution in [1.29, 1.82) is 0 Å². The molecule has 0 spiro atoms. The van der Waals surface area contributed by atoms with Crippen LogP contribution in [0.2, 0.25) is 0 Å². The van der Waals surface area contributed by atoms with E-state index in [0.717, 1.165) is 0 Å². The van der Waals surface area contributed by atoms with Crippen molar-refractivity contribution in [3.05, 3.63) is 40.7 Å². The monoisotopic (exact) mass is 316 g/mol. The molecule has 0 atom stereocenters. The van der Waals surface area contributed by atoms with Gasteiger partial charge in [-0.3, -0.25) is 10.1 Å². The normalized spacial score (nSPS) is 14.7. The summed E-state index contributed by atoms with van der Waals surface area (Å²) in [5.74, 6) is 1.36. The lowest BCUT2D eigenvalue weighted by Gasteiger charge is -2.35. The van der Waals surface area contributed by atoms with Gasteiger partial charge >= 0.3 is 5.69 Å². The molecule has 0 radical (unpaired) electrons. The maximum atomic E-state index is 11.2. The van der Waals surface area contributed by atoms with Crippen LogP contribution in [0, 0.1) is 10.1 Å². The fourth-order valence-electron chi connectivity index (χ4n) is 2.49. The second-order valence-corrected chi connectivity index (χ2v) is 4.98. The minimum atomic E-state index is -0.422. The summed E-state index contributed by atoms with van der Waals surface area (Å²) in [7, 11) is 1.49. The number of ether oxygens (including phenoxy) is 1. The summed E-state index contributed by atoms with van der Waals surface area (Å²) in [5, 5.41) is 11.2. The predicted molar refractivity (Wildman–Crippen MR) is 83.9 cm³/mol. The quantitative estimate of drug-likeness (QED) is 0.611. The molecule has 1 saturated heterocycles. The number of anilines is 2. The first-order chi connectivity index (χ1) is 11.2. The summed E-state index contributed by atoms with van der Waals surface area (Å²) in [6, 6.07) is 4.69. The lowest BCUT2D eigenvalue weighted by molar-refractivity contribution is -0.384. The van der Waals surface area contributed by atoms with Gasteiger partial charge in [0.25, 0.3) is 0 Å². The van der Waals surface area contributed by atoms with Gasteiger partial charge in [-0.05, 0) is 6.07 Å². The molecule has 1 aliphatic rings. The van der Waals surface area contributed by atoms with E-state index in [1.165, 1.54) is 19.2 Å². The number of hydrogen-bond donors (Lipinski definition) is 0. The third-order valence-electron chi connectivity index (χ3n) is 3.65. The molecule has 0 bridgehead atoms. The van der Waals surface area contributed by atoms with E-state index in [1.807, 2.05) is 9.80 Å². The number of piperazine rings is 1. The second-order valence-electron chi connectivity index (χ2n) is 4.98. The van der Waals surface area contributed by atoms with Crippen LogP contribution in [0.3, 0.4) is 0 Å². The predicted octanol–water partition coefficient (Wildman–Crippen LogP) is 1.11. The highest BCUT2D eigenvalue weighted by Gasteiger charge is 2.26. The summed E-state index contributed by atoms with van der Waals surface area (Å²) in [6.45, 7) is 2.53.